The number of nitrogens with zero attached hydrogens (tertiary/aromatic N) is 2. The van der Waals surface area contributed by atoms with Crippen LogP contribution < -0.4 is 5.32 Å². The lowest BCUT2D eigenvalue weighted by atomic mass is 10.2. The Balaban J connectivity index is 2.51. The molecule has 84 valence electrons. The first-order valence-electron chi connectivity index (χ1n) is 4.61. The summed E-state index contributed by atoms with van der Waals surface area (Å²) in [6.07, 6.45) is 6.47. The van der Waals surface area contributed by atoms with Crippen LogP contribution in [-0.2, 0) is 0 Å². The first-order chi connectivity index (χ1) is 7.19. The molecule has 2 atom stereocenters. The first-order valence-corrected chi connectivity index (χ1v) is 5.90. The molecular weight excluding hydrogens is 214 g/mol. The molecule has 15 heavy (non-hydrogen) atoms. The smallest absolute Gasteiger partial charge is 0.327 e. The standard InChI is InChI=1S/C9H15N3O2S/c1-7(8(5-13)15-2)11-9(14)12-4-3-10-6-12/h3-4,6-8,13H,5H2,1-2H3,(H,11,14). The summed E-state index contributed by atoms with van der Waals surface area (Å²) in [6, 6.07) is -0.313. The van der Waals surface area contributed by atoms with Crippen LogP contribution in [0.2, 0.25) is 0 Å². The minimum atomic E-state index is -0.229. The lowest BCUT2D eigenvalue weighted by Crippen LogP contribution is -2.42. The predicted molar refractivity (Wildman–Crippen MR) is 60.0 cm³/mol. The molecule has 0 radical (unpaired) electrons. The monoisotopic (exact) mass is 229 g/mol. The van der Waals surface area contributed by atoms with Crippen LogP contribution in [0, 0.1) is 0 Å². The first kappa shape index (κ1) is 12.1. The number of hydrogen-bond acceptors (Lipinski definition) is 4. The van der Waals surface area contributed by atoms with Gasteiger partial charge in [-0.05, 0) is 13.2 Å². The molecule has 1 aromatic rings. The maximum absolute atomic E-state index is 11.6. The molecule has 0 aliphatic rings. The van der Waals surface area contributed by atoms with Crippen LogP contribution in [0.4, 0.5) is 4.79 Å². The molecule has 0 saturated heterocycles. The van der Waals surface area contributed by atoms with E-state index in [0.29, 0.717) is 0 Å². The Labute approximate surface area is 92.9 Å². The number of aromatic nitrogens is 2. The molecule has 5 nitrogen and oxygen atoms in total. The molecule has 0 aliphatic carbocycles. The number of imidazole rings is 1. The second-order valence-electron chi connectivity index (χ2n) is 3.16. The maximum atomic E-state index is 11.6. The second-order valence-corrected chi connectivity index (χ2v) is 4.24. The molecule has 1 rings (SSSR count). The van der Waals surface area contributed by atoms with Crippen molar-refractivity contribution in [1.29, 1.82) is 0 Å². The van der Waals surface area contributed by atoms with Gasteiger partial charge in [-0.25, -0.2) is 9.78 Å². The number of aliphatic hydroxyl groups excluding tert-OH is 1. The topological polar surface area (TPSA) is 67.2 Å². The van der Waals surface area contributed by atoms with E-state index in [1.165, 1.54) is 22.7 Å². The van der Waals surface area contributed by atoms with Gasteiger partial charge < -0.3 is 10.4 Å². The van der Waals surface area contributed by atoms with Gasteiger partial charge in [0.2, 0.25) is 0 Å². The van der Waals surface area contributed by atoms with E-state index in [4.69, 9.17) is 5.11 Å². The fraction of sp³-hybridized carbons (Fsp3) is 0.556. The van der Waals surface area contributed by atoms with Crippen LogP contribution in [0.5, 0.6) is 0 Å². The Kier molecular flexibility index (Phi) is 4.64. The third-order valence-corrected chi connectivity index (χ3v) is 3.29. The third-order valence-electron chi connectivity index (χ3n) is 2.13. The number of nitrogens with one attached hydrogen (secondary N) is 1. The van der Waals surface area contributed by atoms with E-state index in [9.17, 15) is 4.79 Å². The van der Waals surface area contributed by atoms with E-state index in [-0.39, 0.29) is 23.9 Å². The van der Waals surface area contributed by atoms with Crippen molar-refractivity contribution in [2.75, 3.05) is 12.9 Å². The molecule has 1 heterocycles. The molecule has 6 heteroatoms. The summed E-state index contributed by atoms with van der Waals surface area (Å²) >= 11 is 1.53. The highest BCUT2D eigenvalue weighted by Gasteiger charge is 2.17. The van der Waals surface area contributed by atoms with E-state index >= 15 is 0 Å². The van der Waals surface area contributed by atoms with Crippen molar-refractivity contribution in [1.82, 2.24) is 14.9 Å². The van der Waals surface area contributed by atoms with Crippen LogP contribution in [0.15, 0.2) is 18.7 Å². The Hall–Kier alpha value is -1.01. The van der Waals surface area contributed by atoms with Crippen LogP contribution in [0.25, 0.3) is 0 Å². The summed E-state index contributed by atoms with van der Waals surface area (Å²) < 4.78 is 1.37. The maximum Gasteiger partial charge on any atom is 0.327 e. The zero-order valence-electron chi connectivity index (χ0n) is 8.75. The van der Waals surface area contributed by atoms with Crippen LogP contribution in [-0.4, -0.2) is 44.8 Å². The molecule has 1 amide bonds. The minimum Gasteiger partial charge on any atom is -0.395 e. The molecule has 0 spiro atoms. The quantitative estimate of drug-likeness (QED) is 0.791. The van der Waals surface area contributed by atoms with Crippen LogP contribution in [0.1, 0.15) is 6.92 Å². The largest absolute Gasteiger partial charge is 0.395 e. The molecule has 0 fully saturated rings. The SMILES string of the molecule is CSC(CO)C(C)NC(=O)n1ccnc1. The Bertz CT molecular complexity index is 298. The Morgan fingerprint density at radius 3 is 2.93 bits per heavy atom. The number of amides is 1. The van der Waals surface area contributed by atoms with E-state index in [0.717, 1.165) is 0 Å². The van der Waals surface area contributed by atoms with Gasteiger partial charge in [0.15, 0.2) is 0 Å². The van der Waals surface area contributed by atoms with Crippen LogP contribution in [0.3, 0.4) is 0 Å². The number of carbonyl (C=O) groups is 1. The number of rotatable bonds is 4. The number of aliphatic hydroxyl groups is 1. The fourth-order valence-electron chi connectivity index (χ4n) is 1.18. The molecular formula is C9H15N3O2S. The Morgan fingerprint density at radius 1 is 1.73 bits per heavy atom. The highest BCUT2D eigenvalue weighted by Crippen LogP contribution is 2.10. The highest BCUT2D eigenvalue weighted by atomic mass is 32.2. The van der Waals surface area contributed by atoms with Gasteiger partial charge in [-0.1, -0.05) is 0 Å². The predicted octanol–water partition coefficient (Wildman–Crippen LogP) is 0.553. The fourth-order valence-corrected chi connectivity index (χ4v) is 1.80. The summed E-state index contributed by atoms with van der Waals surface area (Å²) in [5.74, 6) is 0. The van der Waals surface area contributed by atoms with Gasteiger partial charge in [0.05, 0.1) is 6.61 Å². The van der Waals surface area contributed by atoms with E-state index < -0.39 is 0 Å². The zero-order valence-corrected chi connectivity index (χ0v) is 9.57. The van der Waals surface area contributed by atoms with Crippen molar-refractivity contribution in [2.45, 2.75) is 18.2 Å². The molecule has 2 unspecified atom stereocenters. The molecule has 0 aliphatic heterocycles. The zero-order chi connectivity index (χ0) is 11.3. The summed E-state index contributed by atoms with van der Waals surface area (Å²) in [4.78, 5) is 15.4. The van der Waals surface area contributed by atoms with Crippen molar-refractivity contribution in [3.05, 3.63) is 18.7 Å². The van der Waals surface area contributed by atoms with Gasteiger partial charge in [0.25, 0.3) is 0 Å². The summed E-state index contributed by atoms with van der Waals surface area (Å²) in [6.45, 7) is 1.92. The number of carbonyl (C=O) groups excluding carboxylic acids is 1. The van der Waals surface area contributed by atoms with Gasteiger partial charge in [-0.15, -0.1) is 0 Å². The van der Waals surface area contributed by atoms with Crippen molar-refractivity contribution >= 4 is 17.8 Å². The molecule has 0 aromatic carbocycles. The van der Waals surface area contributed by atoms with Gasteiger partial charge in [0.1, 0.15) is 6.33 Å². The van der Waals surface area contributed by atoms with Crippen molar-refractivity contribution < 1.29 is 9.90 Å². The lowest BCUT2D eigenvalue weighted by molar-refractivity contribution is 0.234. The average Bonchev–Trinajstić information content (AvgIpc) is 2.72. The number of thioether (sulfide) groups is 1. The lowest BCUT2D eigenvalue weighted by Gasteiger charge is -2.21. The summed E-state index contributed by atoms with van der Waals surface area (Å²) in [7, 11) is 0. The molecule has 2 N–H and O–H groups in total. The van der Waals surface area contributed by atoms with E-state index in [2.05, 4.69) is 10.3 Å². The molecule has 1 aromatic heterocycles. The minimum absolute atomic E-state index is 0.0115. The van der Waals surface area contributed by atoms with E-state index in [1.54, 1.807) is 12.4 Å². The van der Waals surface area contributed by atoms with Crippen molar-refractivity contribution in [3.8, 4) is 0 Å². The van der Waals surface area contributed by atoms with Crippen molar-refractivity contribution in [3.63, 3.8) is 0 Å². The normalized spacial score (nSPS) is 14.6. The molecule has 0 saturated carbocycles. The average molecular weight is 229 g/mol. The summed E-state index contributed by atoms with van der Waals surface area (Å²) in [5, 5.41) is 11.8. The van der Waals surface area contributed by atoms with E-state index in [1.807, 2.05) is 13.2 Å². The molecule has 0 bridgehead atoms. The van der Waals surface area contributed by atoms with Gasteiger partial charge in [-0.3, -0.25) is 4.57 Å². The summed E-state index contributed by atoms with van der Waals surface area (Å²) in [5.41, 5.74) is 0. The van der Waals surface area contributed by atoms with Crippen molar-refractivity contribution in [2.24, 2.45) is 0 Å². The second kappa shape index (κ2) is 5.77. The number of hydrogen-bond donors (Lipinski definition) is 2. The highest BCUT2D eigenvalue weighted by molar-refractivity contribution is 7.99. The third kappa shape index (κ3) is 3.24. The van der Waals surface area contributed by atoms with Gasteiger partial charge in [-0.2, -0.15) is 11.8 Å². The van der Waals surface area contributed by atoms with Gasteiger partial charge in [0, 0.05) is 23.7 Å². The van der Waals surface area contributed by atoms with Crippen LogP contribution >= 0.6 is 11.8 Å². The van der Waals surface area contributed by atoms with Gasteiger partial charge >= 0.3 is 6.03 Å². The Morgan fingerprint density at radius 2 is 2.47 bits per heavy atom.